The third-order valence-corrected chi connectivity index (χ3v) is 5.83. The number of carbonyl (C=O) groups excluding carboxylic acids is 2. The number of aromatic nitrogens is 2. The minimum Gasteiger partial charge on any atom is -0.462 e. The second kappa shape index (κ2) is 10.9. The van der Waals surface area contributed by atoms with Gasteiger partial charge in [0.15, 0.2) is 5.13 Å². The molecule has 0 spiro atoms. The van der Waals surface area contributed by atoms with Gasteiger partial charge in [0, 0.05) is 12.1 Å². The molecular weight excluding hydrogens is 414 g/mol. The molecule has 8 heteroatoms. The normalized spacial score (nSPS) is 10.8. The molecule has 164 valence electrons. The Kier molecular flexibility index (Phi) is 7.94. The highest BCUT2D eigenvalue weighted by Crippen LogP contribution is 2.28. The summed E-state index contributed by atoms with van der Waals surface area (Å²) in [5.41, 5.74) is 1.98. The number of esters is 1. The van der Waals surface area contributed by atoms with E-state index in [4.69, 9.17) is 9.15 Å². The van der Waals surface area contributed by atoms with E-state index in [1.165, 1.54) is 17.6 Å². The summed E-state index contributed by atoms with van der Waals surface area (Å²) < 4.78 is 10.7. The predicted octanol–water partition coefficient (Wildman–Crippen LogP) is 5.05. The van der Waals surface area contributed by atoms with Gasteiger partial charge < -0.3 is 9.15 Å². The third kappa shape index (κ3) is 5.79. The molecule has 0 saturated heterocycles. The van der Waals surface area contributed by atoms with Gasteiger partial charge in [-0.3, -0.25) is 9.69 Å². The average molecular weight is 442 g/mol. The molecule has 2 heterocycles. The number of rotatable bonds is 10. The van der Waals surface area contributed by atoms with E-state index in [9.17, 15) is 9.59 Å². The number of aryl methyl sites for hydroxylation is 1. The van der Waals surface area contributed by atoms with Crippen molar-refractivity contribution in [3.63, 3.8) is 0 Å². The summed E-state index contributed by atoms with van der Waals surface area (Å²) >= 11 is 1.19. The summed E-state index contributed by atoms with van der Waals surface area (Å²) in [7, 11) is 0. The molecule has 0 aliphatic heterocycles. The van der Waals surface area contributed by atoms with E-state index in [1.807, 2.05) is 30.3 Å². The number of anilines is 1. The van der Waals surface area contributed by atoms with Crippen LogP contribution in [0.15, 0.2) is 41.0 Å². The standard InChI is InChI=1S/C23H27N3O4S/c1-4-6-10-13-26(23-24-16(3)20(31-23)22(28)29-5-2)19(27)14-18-15-30-21(25-18)17-11-8-7-9-12-17/h7-9,11-12,15H,4-6,10,13-14H2,1-3H3. The lowest BCUT2D eigenvalue weighted by Crippen LogP contribution is -2.33. The van der Waals surface area contributed by atoms with Crippen LogP contribution in [0.2, 0.25) is 0 Å². The van der Waals surface area contributed by atoms with Crippen LogP contribution in [0.3, 0.4) is 0 Å². The van der Waals surface area contributed by atoms with E-state index < -0.39 is 5.97 Å². The van der Waals surface area contributed by atoms with E-state index in [2.05, 4.69) is 16.9 Å². The smallest absolute Gasteiger partial charge is 0.350 e. The lowest BCUT2D eigenvalue weighted by Gasteiger charge is -2.19. The van der Waals surface area contributed by atoms with Crippen molar-refractivity contribution in [1.29, 1.82) is 0 Å². The number of hydrogen-bond donors (Lipinski definition) is 0. The van der Waals surface area contributed by atoms with E-state index >= 15 is 0 Å². The highest BCUT2D eigenvalue weighted by atomic mass is 32.1. The van der Waals surface area contributed by atoms with Gasteiger partial charge in [-0.15, -0.1) is 0 Å². The first-order valence-corrected chi connectivity index (χ1v) is 11.3. The Morgan fingerprint density at radius 2 is 1.90 bits per heavy atom. The highest BCUT2D eigenvalue weighted by molar-refractivity contribution is 7.17. The first-order chi connectivity index (χ1) is 15.0. The predicted molar refractivity (Wildman–Crippen MR) is 120 cm³/mol. The molecule has 1 amide bonds. The second-order valence-electron chi connectivity index (χ2n) is 7.07. The lowest BCUT2D eigenvalue weighted by atomic mass is 10.2. The minimum absolute atomic E-state index is 0.0931. The first-order valence-electron chi connectivity index (χ1n) is 10.5. The van der Waals surface area contributed by atoms with Gasteiger partial charge in [0.2, 0.25) is 11.8 Å². The van der Waals surface area contributed by atoms with E-state index in [0.717, 1.165) is 24.8 Å². The van der Waals surface area contributed by atoms with Crippen molar-refractivity contribution in [2.24, 2.45) is 0 Å². The molecule has 0 bridgehead atoms. The van der Waals surface area contributed by atoms with Crippen molar-refractivity contribution in [2.45, 2.75) is 46.5 Å². The molecule has 7 nitrogen and oxygen atoms in total. The van der Waals surface area contributed by atoms with Crippen molar-refractivity contribution in [3.05, 3.63) is 52.9 Å². The minimum atomic E-state index is -0.409. The molecule has 0 N–H and O–H groups in total. The van der Waals surface area contributed by atoms with E-state index in [1.54, 1.807) is 18.7 Å². The monoisotopic (exact) mass is 441 g/mol. The zero-order valence-corrected chi connectivity index (χ0v) is 18.9. The van der Waals surface area contributed by atoms with Crippen LogP contribution >= 0.6 is 11.3 Å². The maximum absolute atomic E-state index is 13.2. The fraction of sp³-hybridized carbons (Fsp3) is 0.391. The molecule has 1 aromatic carbocycles. The first kappa shape index (κ1) is 22.7. The van der Waals surface area contributed by atoms with Crippen molar-refractivity contribution in [1.82, 2.24) is 9.97 Å². The summed E-state index contributed by atoms with van der Waals surface area (Å²) in [6, 6.07) is 9.55. The summed E-state index contributed by atoms with van der Waals surface area (Å²) in [6.07, 6.45) is 4.50. The average Bonchev–Trinajstić information content (AvgIpc) is 3.38. The molecule has 2 aromatic heterocycles. The van der Waals surface area contributed by atoms with Crippen LogP contribution in [0.5, 0.6) is 0 Å². The van der Waals surface area contributed by atoms with E-state index in [-0.39, 0.29) is 12.3 Å². The Morgan fingerprint density at radius 1 is 1.13 bits per heavy atom. The third-order valence-electron chi connectivity index (χ3n) is 4.67. The van der Waals surface area contributed by atoms with Gasteiger partial charge in [0.05, 0.1) is 24.4 Å². The number of amides is 1. The fourth-order valence-corrected chi connectivity index (χ4v) is 4.09. The maximum Gasteiger partial charge on any atom is 0.350 e. The maximum atomic E-state index is 13.2. The van der Waals surface area contributed by atoms with Gasteiger partial charge in [0.25, 0.3) is 0 Å². The largest absolute Gasteiger partial charge is 0.462 e. The SMILES string of the molecule is CCCCCN(C(=O)Cc1coc(-c2ccccc2)n1)c1nc(C)c(C(=O)OCC)s1. The van der Waals surface area contributed by atoms with Crippen LogP contribution in [0.4, 0.5) is 5.13 Å². The van der Waals surface area contributed by atoms with Crippen LogP contribution < -0.4 is 4.90 Å². The topological polar surface area (TPSA) is 85.5 Å². The Labute approximate surface area is 186 Å². The van der Waals surface area contributed by atoms with Crippen molar-refractivity contribution < 1.29 is 18.7 Å². The number of benzene rings is 1. The van der Waals surface area contributed by atoms with Gasteiger partial charge in [-0.1, -0.05) is 49.3 Å². The molecule has 0 fully saturated rings. The zero-order chi connectivity index (χ0) is 22.2. The molecule has 3 rings (SSSR count). The molecular formula is C23H27N3O4S. The Hall–Kier alpha value is -3.00. The van der Waals surface area contributed by atoms with Crippen molar-refractivity contribution in [3.8, 4) is 11.5 Å². The van der Waals surface area contributed by atoms with Crippen molar-refractivity contribution in [2.75, 3.05) is 18.1 Å². The molecule has 0 saturated carbocycles. The van der Waals surface area contributed by atoms with Gasteiger partial charge in [0.1, 0.15) is 11.1 Å². The Morgan fingerprint density at radius 3 is 2.61 bits per heavy atom. The number of nitrogens with zero attached hydrogens (tertiary/aromatic N) is 3. The summed E-state index contributed by atoms with van der Waals surface area (Å²) in [6.45, 7) is 6.45. The Balaban J connectivity index is 1.79. The number of unbranched alkanes of at least 4 members (excludes halogenated alkanes) is 2. The van der Waals surface area contributed by atoms with Gasteiger partial charge >= 0.3 is 5.97 Å². The second-order valence-corrected chi connectivity index (χ2v) is 8.05. The summed E-state index contributed by atoms with van der Waals surface area (Å²) in [5.74, 6) is -0.0579. The van der Waals surface area contributed by atoms with Gasteiger partial charge in [-0.05, 0) is 32.4 Å². The fourth-order valence-electron chi connectivity index (χ4n) is 3.08. The zero-order valence-electron chi connectivity index (χ0n) is 18.1. The van der Waals surface area contributed by atoms with Gasteiger partial charge in [-0.2, -0.15) is 0 Å². The highest BCUT2D eigenvalue weighted by Gasteiger charge is 2.24. The van der Waals surface area contributed by atoms with Crippen LogP contribution in [0.25, 0.3) is 11.5 Å². The van der Waals surface area contributed by atoms with Crippen LogP contribution in [-0.2, 0) is 16.0 Å². The number of carbonyl (C=O) groups is 2. The molecule has 0 aliphatic carbocycles. The molecule has 31 heavy (non-hydrogen) atoms. The lowest BCUT2D eigenvalue weighted by molar-refractivity contribution is -0.118. The number of oxazole rings is 1. The van der Waals surface area contributed by atoms with E-state index in [0.29, 0.717) is 40.4 Å². The molecule has 0 atom stereocenters. The molecule has 0 aliphatic rings. The van der Waals surface area contributed by atoms with Gasteiger partial charge in [-0.25, -0.2) is 14.8 Å². The molecule has 0 radical (unpaired) electrons. The van der Waals surface area contributed by atoms with Crippen LogP contribution in [0.1, 0.15) is 54.2 Å². The molecule has 0 unspecified atom stereocenters. The number of hydrogen-bond acceptors (Lipinski definition) is 7. The number of thiazole rings is 1. The van der Waals surface area contributed by atoms with Crippen molar-refractivity contribution >= 4 is 28.3 Å². The van der Waals surface area contributed by atoms with Crippen LogP contribution in [-0.4, -0.2) is 35.0 Å². The summed E-state index contributed by atoms with van der Waals surface area (Å²) in [4.78, 5) is 36.4. The van der Waals surface area contributed by atoms with Crippen LogP contribution in [0, 0.1) is 6.92 Å². The number of ether oxygens (including phenoxy) is 1. The molecule has 3 aromatic rings. The Bertz CT molecular complexity index is 1010. The quantitative estimate of drug-likeness (QED) is 0.323. The summed E-state index contributed by atoms with van der Waals surface area (Å²) in [5, 5.41) is 0.508.